The van der Waals surface area contributed by atoms with Crippen molar-refractivity contribution in [1.82, 2.24) is 4.98 Å². The van der Waals surface area contributed by atoms with Gasteiger partial charge in [0.25, 0.3) is 0 Å². The van der Waals surface area contributed by atoms with Crippen LogP contribution in [0.25, 0.3) is 0 Å². The van der Waals surface area contributed by atoms with Crippen LogP contribution in [0.1, 0.15) is 38.7 Å². The average molecular weight is 327 g/mol. The van der Waals surface area contributed by atoms with Crippen molar-refractivity contribution in [1.29, 1.82) is 0 Å². The molecule has 0 amide bonds. The molecule has 5 nitrogen and oxygen atoms in total. The maximum Gasteiger partial charge on any atom is 0.161 e. The van der Waals surface area contributed by atoms with E-state index in [-0.39, 0.29) is 0 Å². The standard InChI is InChI=1S/C19H25N3O2/c1-3-5-8-13-24-17-11-10-16(14-18(17)23-4-2)15-21-22-19-9-6-7-12-20-19/h6-7,9-12,14-15H,3-5,8,13H2,1-2H3,(H,20,22)/b21-15+. The maximum atomic E-state index is 5.83. The monoisotopic (exact) mass is 327 g/mol. The van der Waals surface area contributed by atoms with Gasteiger partial charge in [-0.2, -0.15) is 5.10 Å². The Bertz CT molecular complexity index is 630. The lowest BCUT2D eigenvalue weighted by molar-refractivity contribution is 0.271. The first-order chi connectivity index (χ1) is 11.8. The SMILES string of the molecule is CCCCCOc1ccc(/C=N/Nc2ccccn2)cc1OCC. The Hall–Kier alpha value is -2.56. The average Bonchev–Trinajstić information content (AvgIpc) is 2.61. The predicted octanol–water partition coefficient (Wildman–Crippen LogP) is 4.50. The van der Waals surface area contributed by atoms with Gasteiger partial charge >= 0.3 is 0 Å². The highest BCUT2D eigenvalue weighted by molar-refractivity contribution is 5.81. The summed E-state index contributed by atoms with van der Waals surface area (Å²) in [5.41, 5.74) is 3.83. The molecular weight excluding hydrogens is 302 g/mol. The van der Waals surface area contributed by atoms with Gasteiger partial charge in [-0.1, -0.05) is 25.8 Å². The van der Waals surface area contributed by atoms with Crippen LogP contribution in [0.5, 0.6) is 11.5 Å². The van der Waals surface area contributed by atoms with Crippen LogP contribution in [-0.4, -0.2) is 24.4 Å². The Morgan fingerprint density at radius 1 is 1.08 bits per heavy atom. The third kappa shape index (κ3) is 5.91. The van der Waals surface area contributed by atoms with Gasteiger partial charge in [-0.25, -0.2) is 4.98 Å². The van der Waals surface area contributed by atoms with E-state index in [1.54, 1.807) is 12.4 Å². The van der Waals surface area contributed by atoms with Gasteiger partial charge in [0.05, 0.1) is 19.4 Å². The zero-order valence-corrected chi connectivity index (χ0v) is 14.4. The second-order valence-electron chi connectivity index (χ2n) is 5.28. The normalized spacial score (nSPS) is 10.8. The van der Waals surface area contributed by atoms with Gasteiger partial charge < -0.3 is 9.47 Å². The van der Waals surface area contributed by atoms with Gasteiger partial charge in [-0.15, -0.1) is 0 Å². The molecule has 0 saturated carbocycles. The maximum absolute atomic E-state index is 5.83. The van der Waals surface area contributed by atoms with Crippen molar-refractivity contribution in [2.45, 2.75) is 33.1 Å². The number of nitrogens with zero attached hydrogens (tertiary/aromatic N) is 2. The van der Waals surface area contributed by atoms with Crippen molar-refractivity contribution < 1.29 is 9.47 Å². The number of hydrogen-bond acceptors (Lipinski definition) is 5. The minimum absolute atomic E-state index is 0.595. The van der Waals surface area contributed by atoms with E-state index < -0.39 is 0 Å². The molecule has 0 aliphatic rings. The van der Waals surface area contributed by atoms with E-state index in [1.807, 2.05) is 43.3 Å². The van der Waals surface area contributed by atoms with Crippen LogP contribution in [0.15, 0.2) is 47.7 Å². The van der Waals surface area contributed by atoms with E-state index in [9.17, 15) is 0 Å². The molecule has 0 aliphatic carbocycles. The number of rotatable bonds is 10. The molecule has 1 N–H and O–H groups in total. The van der Waals surface area contributed by atoms with Crippen LogP contribution < -0.4 is 14.9 Å². The number of anilines is 1. The van der Waals surface area contributed by atoms with Crippen LogP contribution in [0.2, 0.25) is 0 Å². The van der Waals surface area contributed by atoms with Crippen molar-refractivity contribution >= 4 is 12.0 Å². The van der Waals surface area contributed by atoms with Crippen molar-refractivity contribution in [2.75, 3.05) is 18.6 Å². The molecule has 128 valence electrons. The first kappa shape index (κ1) is 17.8. The second-order valence-corrected chi connectivity index (χ2v) is 5.28. The van der Waals surface area contributed by atoms with E-state index in [0.29, 0.717) is 19.0 Å². The fourth-order valence-electron chi connectivity index (χ4n) is 2.13. The molecule has 0 unspecified atom stereocenters. The number of ether oxygens (including phenoxy) is 2. The Balaban J connectivity index is 1.98. The number of pyridine rings is 1. The van der Waals surface area contributed by atoms with Gasteiger partial charge in [-0.05, 0) is 49.2 Å². The Labute approximate surface area is 143 Å². The van der Waals surface area contributed by atoms with Crippen LogP contribution in [0.4, 0.5) is 5.82 Å². The zero-order valence-electron chi connectivity index (χ0n) is 14.4. The summed E-state index contributed by atoms with van der Waals surface area (Å²) in [6, 6.07) is 11.4. The van der Waals surface area contributed by atoms with Crippen LogP contribution in [0.3, 0.4) is 0 Å². The lowest BCUT2D eigenvalue weighted by atomic mass is 10.2. The van der Waals surface area contributed by atoms with Crippen molar-refractivity contribution in [3.63, 3.8) is 0 Å². The Kier molecular flexibility index (Phi) is 7.60. The molecule has 1 heterocycles. The lowest BCUT2D eigenvalue weighted by Gasteiger charge is -2.12. The number of hydrogen-bond donors (Lipinski definition) is 1. The summed E-state index contributed by atoms with van der Waals surface area (Å²) in [6.45, 7) is 5.45. The Morgan fingerprint density at radius 2 is 2.00 bits per heavy atom. The summed E-state index contributed by atoms with van der Waals surface area (Å²) in [5, 5.41) is 4.20. The van der Waals surface area contributed by atoms with Gasteiger partial charge in [0.2, 0.25) is 0 Å². The molecule has 1 aromatic heterocycles. The van der Waals surface area contributed by atoms with Crippen molar-refractivity contribution in [3.8, 4) is 11.5 Å². The summed E-state index contributed by atoms with van der Waals surface area (Å²) in [7, 11) is 0. The smallest absolute Gasteiger partial charge is 0.161 e. The molecule has 1 aromatic carbocycles. The third-order valence-electron chi connectivity index (χ3n) is 3.33. The molecule has 2 aromatic rings. The number of nitrogens with one attached hydrogen (secondary N) is 1. The molecular formula is C19H25N3O2. The van der Waals surface area contributed by atoms with Gasteiger partial charge in [0, 0.05) is 6.20 Å². The zero-order chi connectivity index (χ0) is 17.0. The van der Waals surface area contributed by atoms with Gasteiger partial charge in [0.1, 0.15) is 5.82 Å². The highest BCUT2D eigenvalue weighted by Gasteiger charge is 2.05. The van der Waals surface area contributed by atoms with Gasteiger partial charge in [-0.3, -0.25) is 5.43 Å². The minimum Gasteiger partial charge on any atom is -0.490 e. The third-order valence-corrected chi connectivity index (χ3v) is 3.33. The van der Waals surface area contributed by atoms with Crippen LogP contribution >= 0.6 is 0 Å². The van der Waals surface area contributed by atoms with E-state index in [2.05, 4.69) is 22.4 Å². The summed E-state index contributed by atoms with van der Waals surface area (Å²) in [6.07, 6.45) is 6.86. The highest BCUT2D eigenvalue weighted by atomic mass is 16.5. The minimum atomic E-state index is 0.595. The van der Waals surface area contributed by atoms with Gasteiger partial charge in [0.15, 0.2) is 11.5 Å². The fourth-order valence-corrected chi connectivity index (χ4v) is 2.13. The van der Waals surface area contributed by atoms with Crippen LogP contribution in [0, 0.1) is 0 Å². The van der Waals surface area contributed by atoms with Crippen LogP contribution in [-0.2, 0) is 0 Å². The molecule has 0 radical (unpaired) electrons. The largest absolute Gasteiger partial charge is 0.490 e. The summed E-state index contributed by atoms with van der Waals surface area (Å²) < 4.78 is 11.5. The number of benzene rings is 1. The lowest BCUT2D eigenvalue weighted by Crippen LogP contribution is -2.01. The summed E-state index contributed by atoms with van der Waals surface area (Å²) >= 11 is 0. The summed E-state index contributed by atoms with van der Waals surface area (Å²) in [5.74, 6) is 2.23. The van der Waals surface area contributed by atoms with E-state index in [4.69, 9.17) is 9.47 Å². The quantitative estimate of drug-likeness (QED) is 0.397. The molecule has 5 heteroatoms. The first-order valence-corrected chi connectivity index (χ1v) is 8.43. The molecule has 0 aliphatic heterocycles. The Morgan fingerprint density at radius 3 is 2.75 bits per heavy atom. The number of hydrazone groups is 1. The number of unbranched alkanes of at least 4 members (excludes halogenated alkanes) is 2. The van der Waals surface area contributed by atoms with Crippen molar-refractivity contribution in [2.24, 2.45) is 5.10 Å². The highest BCUT2D eigenvalue weighted by Crippen LogP contribution is 2.28. The second kappa shape index (κ2) is 10.3. The fraction of sp³-hybridized carbons (Fsp3) is 0.368. The molecule has 0 atom stereocenters. The molecule has 0 bridgehead atoms. The molecule has 24 heavy (non-hydrogen) atoms. The topological polar surface area (TPSA) is 55.7 Å². The molecule has 2 rings (SSSR count). The molecule has 0 spiro atoms. The molecule has 0 fully saturated rings. The van der Waals surface area contributed by atoms with E-state index in [1.165, 1.54) is 12.8 Å². The first-order valence-electron chi connectivity index (χ1n) is 8.43. The van der Waals surface area contributed by atoms with E-state index in [0.717, 1.165) is 23.5 Å². The van der Waals surface area contributed by atoms with E-state index >= 15 is 0 Å². The van der Waals surface area contributed by atoms with Crippen molar-refractivity contribution in [3.05, 3.63) is 48.2 Å². The predicted molar refractivity (Wildman–Crippen MR) is 98.1 cm³/mol. The molecule has 0 saturated heterocycles. The summed E-state index contributed by atoms with van der Waals surface area (Å²) in [4.78, 5) is 4.15. The number of aromatic nitrogens is 1.